The van der Waals surface area contributed by atoms with Gasteiger partial charge >= 0.3 is 0 Å². The Morgan fingerprint density at radius 2 is 1.71 bits per heavy atom. The number of hydrogen-bond acceptors (Lipinski definition) is 3. The number of nitrogens with one attached hydrogen (secondary N) is 1. The van der Waals surface area contributed by atoms with Crippen LogP contribution in [-0.2, 0) is 9.47 Å². The quantitative estimate of drug-likeness (QED) is 0.716. The second kappa shape index (κ2) is 8.78. The molecule has 0 aliphatic carbocycles. The third-order valence-electron chi connectivity index (χ3n) is 3.49. The van der Waals surface area contributed by atoms with Crippen molar-refractivity contribution in [2.45, 2.75) is 19.9 Å². The van der Waals surface area contributed by atoms with Gasteiger partial charge in [0.25, 0.3) is 0 Å². The monoisotopic (exact) mass is 287 g/mol. The molecule has 3 heteroatoms. The normalized spacial score (nSPS) is 12.7. The molecular weight excluding hydrogens is 262 g/mol. The first-order valence-electron chi connectivity index (χ1n) is 7.72. The fourth-order valence-corrected chi connectivity index (χ4v) is 2.41. The van der Waals surface area contributed by atoms with Crippen LogP contribution in [0.5, 0.6) is 0 Å². The van der Waals surface area contributed by atoms with Gasteiger partial charge < -0.3 is 14.8 Å². The molecule has 1 unspecified atom stereocenters. The summed E-state index contributed by atoms with van der Waals surface area (Å²) >= 11 is 0. The molecule has 0 fully saturated rings. The van der Waals surface area contributed by atoms with Crippen LogP contribution in [0.2, 0.25) is 0 Å². The maximum Gasteiger partial charge on any atom is 0.0701 e. The molecule has 0 bridgehead atoms. The highest BCUT2D eigenvalue weighted by Gasteiger charge is 2.10. The molecule has 2 rings (SSSR count). The number of fused-ring (bicyclic) bond motifs is 1. The van der Waals surface area contributed by atoms with E-state index in [2.05, 4.69) is 54.7 Å². The highest BCUT2D eigenvalue weighted by Crippen LogP contribution is 2.20. The van der Waals surface area contributed by atoms with Crippen molar-refractivity contribution < 1.29 is 9.47 Å². The van der Waals surface area contributed by atoms with E-state index in [4.69, 9.17) is 9.47 Å². The Hall–Kier alpha value is -1.42. The van der Waals surface area contributed by atoms with Crippen LogP contribution in [0.1, 0.15) is 25.5 Å². The topological polar surface area (TPSA) is 30.5 Å². The van der Waals surface area contributed by atoms with Crippen LogP contribution in [0.25, 0.3) is 10.8 Å². The third kappa shape index (κ3) is 4.81. The summed E-state index contributed by atoms with van der Waals surface area (Å²) in [6.45, 7) is 7.75. The van der Waals surface area contributed by atoms with Crippen LogP contribution in [0, 0.1) is 0 Å². The van der Waals surface area contributed by atoms with Crippen molar-refractivity contribution in [1.29, 1.82) is 0 Å². The minimum absolute atomic E-state index is 0.223. The molecule has 1 N–H and O–H groups in total. The summed E-state index contributed by atoms with van der Waals surface area (Å²) in [5.41, 5.74) is 1.27. The molecular formula is C18H25NO2. The van der Waals surface area contributed by atoms with Gasteiger partial charge in [-0.15, -0.1) is 0 Å². The largest absolute Gasteiger partial charge is 0.379 e. The summed E-state index contributed by atoms with van der Waals surface area (Å²) in [6.07, 6.45) is 0. The number of rotatable bonds is 9. The summed E-state index contributed by atoms with van der Waals surface area (Å²) in [5, 5.41) is 6.03. The zero-order valence-electron chi connectivity index (χ0n) is 13.0. The van der Waals surface area contributed by atoms with Gasteiger partial charge in [-0.05, 0) is 35.9 Å². The molecule has 0 aliphatic heterocycles. The van der Waals surface area contributed by atoms with E-state index in [1.54, 1.807) is 0 Å². The molecule has 0 amide bonds. The van der Waals surface area contributed by atoms with Gasteiger partial charge in [-0.2, -0.15) is 0 Å². The SMILES string of the molecule is CCNC(COCCOCC)c1ccc2ccccc2c1. The van der Waals surface area contributed by atoms with Gasteiger partial charge in [0.1, 0.15) is 0 Å². The maximum absolute atomic E-state index is 5.73. The van der Waals surface area contributed by atoms with Crippen molar-refractivity contribution in [3.8, 4) is 0 Å². The van der Waals surface area contributed by atoms with Crippen molar-refractivity contribution >= 4 is 10.8 Å². The van der Waals surface area contributed by atoms with Gasteiger partial charge in [0.15, 0.2) is 0 Å². The predicted molar refractivity (Wildman–Crippen MR) is 87.7 cm³/mol. The van der Waals surface area contributed by atoms with Gasteiger partial charge in [0, 0.05) is 6.61 Å². The van der Waals surface area contributed by atoms with Gasteiger partial charge in [-0.25, -0.2) is 0 Å². The lowest BCUT2D eigenvalue weighted by molar-refractivity contribution is 0.0435. The Bertz CT molecular complexity index is 541. The third-order valence-corrected chi connectivity index (χ3v) is 3.49. The van der Waals surface area contributed by atoms with Crippen LogP contribution >= 0.6 is 0 Å². The highest BCUT2D eigenvalue weighted by molar-refractivity contribution is 5.83. The van der Waals surface area contributed by atoms with E-state index < -0.39 is 0 Å². The van der Waals surface area contributed by atoms with Crippen molar-refractivity contribution in [3.63, 3.8) is 0 Å². The molecule has 0 aromatic heterocycles. The second-order valence-corrected chi connectivity index (χ2v) is 4.99. The zero-order valence-corrected chi connectivity index (χ0v) is 13.0. The number of benzene rings is 2. The first kappa shape index (κ1) is 16.0. The minimum Gasteiger partial charge on any atom is -0.379 e. The van der Waals surface area contributed by atoms with E-state index in [1.165, 1.54) is 16.3 Å². The van der Waals surface area contributed by atoms with Gasteiger partial charge in [-0.1, -0.05) is 43.3 Å². The molecule has 21 heavy (non-hydrogen) atoms. The lowest BCUT2D eigenvalue weighted by atomic mass is 10.0. The Morgan fingerprint density at radius 3 is 2.48 bits per heavy atom. The Balaban J connectivity index is 2.01. The molecule has 0 spiro atoms. The van der Waals surface area contributed by atoms with Gasteiger partial charge in [-0.3, -0.25) is 0 Å². The zero-order chi connectivity index (χ0) is 14.9. The number of ether oxygens (including phenoxy) is 2. The molecule has 3 nitrogen and oxygen atoms in total. The maximum atomic E-state index is 5.73. The smallest absolute Gasteiger partial charge is 0.0701 e. The van der Waals surface area contributed by atoms with Crippen LogP contribution in [0.15, 0.2) is 42.5 Å². The summed E-state index contributed by atoms with van der Waals surface area (Å²) in [4.78, 5) is 0. The van der Waals surface area contributed by atoms with E-state index in [-0.39, 0.29) is 6.04 Å². The molecule has 0 radical (unpaired) electrons. The average molecular weight is 287 g/mol. The summed E-state index contributed by atoms with van der Waals surface area (Å²) in [6, 6.07) is 15.3. The van der Waals surface area contributed by atoms with Crippen molar-refractivity contribution in [3.05, 3.63) is 48.0 Å². The van der Waals surface area contributed by atoms with E-state index in [0.29, 0.717) is 19.8 Å². The van der Waals surface area contributed by atoms with Gasteiger partial charge in [0.05, 0.1) is 25.9 Å². The molecule has 0 saturated carbocycles. The minimum atomic E-state index is 0.223. The Labute approximate surface area is 127 Å². The van der Waals surface area contributed by atoms with Crippen molar-refractivity contribution in [2.75, 3.05) is 33.0 Å². The Kier molecular flexibility index (Phi) is 6.67. The number of hydrogen-bond donors (Lipinski definition) is 1. The standard InChI is InChI=1S/C18H25NO2/c1-3-19-18(14-21-12-11-20-4-2)17-10-9-15-7-5-6-8-16(15)13-17/h5-10,13,18-19H,3-4,11-12,14H2,1-2H3. The molecule has 2 aromatic carbocycles. The van der Waals surface area contributed by atoms with Crippen molar-refractivity contribution in [2.24, 2.45) is 0 Å². The molecule has 0 aliphatic rings. The lowest BCUT2D eigenvalue weighted by Crippen LogP contribution is -2.26. The molecule has 0 saturated heterocycles. The number of likely N-dealkylation sites (N-methyl/N-ethyl adjacent to an activating group) is 1. The molecule has 1 atom stereocenters. The lowest BCUT2D eigenvalue weighted by Gasteiger charge is -2.19. The predicted octanol–water partition coefficient (Wildman–Crippen LogP) is 3.54. The van der Waals surface area contributed by atoms with E-state index in [1.807, 2.05) is 6.92 Å². The van der Waals surface area contributed by atoms with E-state index >= 15 is 0 Å². The van der Waals surface area contributed by atoms with Crippen LogP contribution in [-0.4, -0.2) is 33.0 Å². The fourth-order valence-electron chi connectivity index (χ4n) is 2.41. The second-order valence-electron chi connectivity index (χ2n) is 4.99. The van der Waals surface area contributed by atoms with Crippen LogP contribution in [0.4, 0.5) is 0 Å². The molecule has 2 aromatic rings. The first-order chi connectivity index (χ1) is 10.3. The van der Waals surface area contributed by atoms with E-state index in [0.717, 1.165) is 13.2 Å². The average Bonchev–Trinajstić information content (AvgIpc) is 2.53. The Morgan fingerprint density at radius 1 is 0.952 bits per heavy atom. The van der Waals surface area contributed by atoms with Crippen molar-refractivity contribution in [1.82, 2.24) is 5.32 Å². The highest BCUT2D eigenvalue weighted by atomic mass is 16.5. The van der Waals surface area contributed by atoms with Gasteiger partial charge in [0.2, 0.25) is 0 Å². The summed E-state index contributed by atoms with van der Waals surface area (Å²) in [7, 11) is 0. The van der Waals surface area contributed by atoms with Crippen LogP contribution < -0.4 is 5.32 Å². The summed E-state index contributed by atoms with van der Waals surface area (Å²) < 4.78 is 11.0. The van der Waals surface area contributed by atoms with E-state index in [9.17, 15) is 0 Å². The summed E-state index contributed by atoms with van der Waals surface area (Å²) in [5.74, 6) is 0. The molecule has 114 valence electrons. The van der Waals surface area contributed by atoms with Crippen LogP contribution in [0.3, 0.4) is 0 Å². The first-order valence-corrected chi connectivity index (χ1v) is 7.72. The molecule has 0 heterocycles. The fraction of sp³-hybridized carbons (Fsp3) is 0.444.